The van der Waals surface area contributed by atoms with E-state index in [0.717, 1.165) is 15.0 Å². The molecule has 1 atom stereocenters. The zero-order chi connectivity index (χ0) is 22.7. The lowest BCUT2D eigenvalue weighted by molar-refractivity contribution is -0.0242. The second-order valence-corrected chi connectivity index (χ2v) is 9.59. The monoisotopic (exact) mass is 542 g/mol. The Hall–Kier alpha value is -2.65. The minimum atomic E-state index is -1.01. The number of fused-ring (bicyclic) bond motifs is 1. The van der Waals surface area contributed by atoms with E-state index in [1.807, 2.05) is 49.5 Å². The quantitative estimate of drug-likeness (QED) is 0.315. The molecule has 0 spiro atoms. The summed E-state index contributed by atoms with van der Waals surface area (Å²) in [5.74, 6) is 1.30. The van der Waals surface area contributed by atoms with Crippen molar-refractivity contribution in [3.8, 4) is 5.75 Å². The highest BCUT2D eigenvalue weighted by Gasteiger charge is 2.27. The van der Waals surface area contributed by atoms with Gasteiger partial charge in [0.1, 0.15) is 6.10 Å². The van der Waals surface area contributed by atoms with E-state index >= 15 is 0 Å². The molecule has 4 rings (SSSR count). The van der Waals surface area contributed by atoms with Gasteiger partial charge in [-0.25, -0.2) is 9.50 Å². The Balaban J connectivity index is 1.81. The molecule has 0 saturated heterocycles. The Labute approximate surface area is 202 Å². The topological polar surface area (TPSA) is 62.9 Å². The second-order valence-electron chi connectivity index (χ2n) is 8.43. The van der Waals surface area contributed by atoms with Gasteiger partial charge in [-0.15, -0.1) is 0 Å². The summed E-state index contributed by atoms with van der Waals surface area (Å²) in [4.78, 5) is 7.18. The van der Waals surface area contributed by atoms with Gasteiger partial charge in [0.25, 0.3) is 0 Å². The molecule has 0 radical (unpaired) electrons. The average Bonchev–Trinajstić information content (AvgIpc) is 3.13. The first-order chi connectivity index (χ1) is 15.3. The smallest absolute Gasteiger partial charge is 0.180 e. The molecule has 0 bridgehead atoms. The summed E-state index contributed by atoms with van der Waals surface area (Å²) in [6.07, 6.45) is 3.20. The highest BCUT2D eigenvalue weighted by atomic mass is 127. The molecule has 0 aliphatic heterocycles. The molecule has 1 unspecified atom stereocenters. The van der Waals surface area contributed by atoms with Crippen molar-refractivity contribution < 1.29 is 9.84 Å². The predicted molar refractivity (Wildman–Crippen MR) is 135 cm³/mol. The van der Waals surface area contributed by atoms with E-state index in [0.29, 0.717) is 18.8 Å². The zero-order valence-corrected chi connectivity index (χ0v) is 20.6. The first-order valence-corrected chi connectivity index (χ1v) is 11.6. The normalized spacial score (nSPS) is 12.7. The summed E-state index contributed by atoms with van der Waals surface area (Å²) in [5.41, 5.74) is 2.12. The van der Waals surface area contributed by atoms with Crippen LogP contribution in [0.2, 0.25) is 0 Å². The fourth-order valence-corrected chi connectivity index (χ4v) is 3.81. The lowest BCUT2D eigenvalue weighted by atomic mass is 10.0. The Bertz CT molecular complexity index is 1130. The van der Waals surface area contributed by atoms with Crippen molar-refractivity contribution in [1.29, 1.82) is 0 Å². The van der Waals surface area contributed by atoms with E-state index in [1.54, 1.807) is 24.6 Å². The maximum atomic E-state index is 10.5. The van der Waals surface area contributed by atoms with Crippen LogP contribution >= 0.6 is 22.6 Å². The first-order valence-electron chi connectivity index (χ1n) is 10.6. The van der Waals surface area contributed by atoms with Crippen molar-refractivity contribution >= 4 is 34.1 Å². The average molecular weight is 542 g/mol. The molecule has 1 N–H and O–H groups in total. The van der Waals surface area contributed by atoms with Gasteiger partial charge in [-0.2, -0.15) is 5.10 Å². The van der Waals surface area contributed by atoms with Gasteiger partial charge in [0.15, 0.2) is 17.2 Å². The van der Waals surface area contributed by atoms with Crippen LogP contribution < -0.4 is 9.64 Å². The third-order valence-electron chi connectivity index (χ3n) is 5.43. The van der Waals surface area contributed by atoms with E-state index in [2.05, 4.69) is 56.9 Å². The van der Waals surface area contributed by atoms with Gasteiger partial charge in [0.05, 0.1) is 21.6 Å². The number of anilines is 1. The molecular weight excluding hydrogens is 515 g/mol. The van der Waals surface area contributed by atoms with Gasteiger partial charge in [-0.05, 0) is 54.5 Å². The molecule has 0 amide bonds. The fraction of sp³-hybridized carbons (Fsp3) is 0.280. The van der Waals surface area contributed by atoms with Gasteiger partial charge in [0, 0.05) is 13.1 Å². The van der Waals surface area contributed by atoms with E-state index in [-0.39, 0.29) is 0 Å². The number of nitrogens with zero attached hydrogens (tertiary/aromatic N) is 4. The van der Waals surface area contributed by atoms with Crippen LogP contribution in [0.4, 0.5) is 5.82 Å². The van der Waals surface area contributed by atoms with Gasteiger partial charge in [-0.1, -0.05) is 60.7 Å². The van der Waals surface area contributed by atoms with Crippen molar-refractivity contribution in [3.63, 3.8) is 0 Å². The molecule has 32 heavy (non-hydrogen) atoms. The Kier molecular flexibility index (Phi) is 6.66. The van der Waals surface area contributed by atoms with Gasteiger partial charge in [-0.3, -0.25) is 0 Å². The summed E-state index contributed by atoms with van der Waals surface area (Å²) < 4.78 is 8.95. The van der Waals surface area contributed by atoms with Crippen LogP contribution in [0.15, 0.2) is 73.1 Å². The molecule has 0 aliphatic carbocycles. The lowest BCUT2D eigenvalue weighted by Gasteiger charge is -2.30. The SMILES string of the molecule is CC(Oc1cn2ncc(I)c2nc1N(Cc1ccccc1)Cc1ccccc1)C(C)(C)O. The summed E-state index contributed by atoms with van der Waals surface area (Å²) in [6, 6.07) is 20.6. The third-order valence-corrected chi connectivity index (χ3v) is 6.19. The number of hydrogen-bond acceptors (Lipinski definition) is 5. The van der Waals surface area contributed by atoms with Crippen LogP contribution in [0.3, 0.4) is 0 Å². The highest BCUT2D eigenvalue weighted by Crippen LogP contribution is 2.32. The van der Waals surface area contributed by atoms with Crippen LogP contribution in [0.5, 0.6) is 5.75 Å². The molecule has 166 valence electrons. The third kappa shape index (κ3) is 5.21. The van der Waals surface area contributed by atoms with E-state index in [4.69, 9.17) is 9.72 Å². The Morgan fingerprint density at radius 1 is 1.03 bits per heavy atom. The standard InChI is InChI=1S/C25H27IN4O2/c1-18(25(2,3)31)32-22-17-30-23(21(26)14-27-30)28-24(22)29(15-19-10-6-4-7-11-19)16-20-12-8-5-9-13-20/h4-14,17-18,31H,15-16H2,1-3H3. The molecule has 6 nitrogen and oxygen atoms in total. The van der Waals surface area contributed by atoms with Crippen LogP contribution in [0.1, 0.15) is 31.9 Å². The predicted octanol–water partition coefficient (Wildman–Crippen LogP) is 5.08. The van der Waals surface area contributed by atoms with Crippen molar-refractivity contribution in [3.05, 3.63) is 87.8 Å². The fourth-order valence-electron chi connectivity index (χ4n) is 3.32. The second kappa shape index (κ2) is 9.46. The van der Waals surface area contributed by atoms with E-state index < -0.39 is 11.7 Å². The molecule has 2 heterocycles. The number of hydrogen-bond donors (Lipinski definition) is 1. The van der Waals surface area contributed by atoms with E-state index in [1.165, 1.54) is 11.1 Å². The number of aliphatic hydroxyl groups is 1. The zero-order valence-electron chi connectivity index (χ0n) is 18.4. The van der Waals surface area contributed by atoms with Gasteiger partial charge < -0.3 is 14.7 Å². The van der Waals surface area contributed by atoms with Crippen LogP contribution in [-0.2, 0) is 13.1 Å². The summed E-state index contributed by atoms with van der Waals surface area (Å²) in [7, 11) is 0. The van der Waals surface area contributed by atoms with Crippen LogP contribution in [0.25, 0.3) is 5.65 Å². The van der Waals surface area contributed by atoms with Gasteiger partial charge in [0.2, 0.25) is 0 Å². The van der Waals surface area contributed by atoms with E-state index in [9.17, 15) is 5.11 Å². The summed E-state index contributed by atoms with van der Waals surface area (Å²) >= 11 is 2.25. The molecule has 0 fully saturated rings. The van der Waals surface area contributed by atoms with Crippen molar-refractivity contribution in [1.82, 2.24) is 14.6 Å². The van der Waals surface area contributed by atoms with Gasteiger partial charge >= 0.3 is 0 Å². The molecule has 0 aliphatic rings. The minimum Gasteiger partial charge on any atom is -0.482 e. The highest BCUT2D eigenvalue weighted by molar-refractivity contribution is 14.1. The van der Waals surface area contributed by atoms with Crippen molar-refractivity contribution in [2.45, 2.75) is 45.6 Å². The molecule has 2 aromatic heterocycles. The maximum Gasteiger partial charge on any atom is 0.180 e. The van der Waals surface area contributed by atoms with Crippen molar-refractivity contribution in [2.24, 2.45) is 0 Å². The first kappa shape index (κ1) is 22.5. The number of benzene rings is 2. The number of ether oxygens (including phenoxy) is 1. The minimum absolute atomic E-state index is 0.439. The Morgan fingerprint density at radius 2 is 1.59 bits per heavy atom. The lowest BCUT2D eigenvalue weighted by Crippen LogP contribution is -2.38. The number of halogens is 1. The summed E-state index contributed by atoms with van der Waals surface area (Å²) in [5, 5.41) is 14.9. The summed E-state index contributed by atoms with van der Waals surface area (Å²) in [6.45, 7) is 6.67. The molecule has 0 saturated carbocycles. The van der Waals surface area contributed by atoms with Crippen molar-refractivity contribution in [2.75, 3.05) is 4.90 Å². The van der Waals surface area contributed by atoms with Crippen LogP contribution in [-0.4, -0.2) is 31.4 Å². The molecular formula is C25H27IN4O2. The maximum absolute atomic E-state index is 10.5. The number of aromatic nitrogens is 3. The molecule has 4 aromatic rings. The number of rotatable bonds is 8. The van der Waals surface area contributed by atoms with Crippen LogP contribution in [0, 0.1) is 3.57 Å². The Morgan fingerprint density at radius 3 is 2.12 bits per heavy atom. The molecule has 7 heteroatoms. The largest absolute Gasteiger partial charge is 0.482 e. The molecule has 2 aromatic carbocycles.